The first-order valence-electron chi connectivity index (χ1n) is 10.3. The lowest BCUT2D eigenvalue weighted by atomic mass is 10.1. The summed E-state index contributed by atoms with van der Waals surface area (Å²) < 4.78 is 0. The van der Waals surface area contributed by atoms with Crippen molar-refractivity contribution in [3.05, 3.63) is 69.2 Å². The average molecular weight is 439 g/mol. The first-order valence-corrected chi connectivity index (χ1v) is 10.7. The normalized spacial score (nSPS) is 13.7. The zero-order valence-electron chi connectivity index (χ0n) is 17.2. The van der Waals surface area contributed by atoms with Crippen LogP contribution in [-0.4, -0.2) is 39.8 Å². The monoisotopic (exact) mass is 438 g/mol. The third-order valence-corrected chi connectivity index (χ3v) is 5.57. The number of hydrogen-bond acceptors (Lipinski definition) is 4. The Balaban J connectivity index is 1.57. The molecule has 0 spiro atoms. The number of H-pyrrole nitrogens is 1. The largest absolute Gasteiger partial charge is 0.331 e. The number of benzene rings is 2. The van der Waals surface area contributed by atoms with Crippen molar-refractivity contribution in [3.63, 3.8) is 0 Å². The Morgan fingerprint density at radius 1 is 1.19 bits per heavy atom. The van der Waals surface area contributed by atoms with E-state index in [2.05, 4.69) is 9.97 Å². The first kappa shape index (κ1) is 21.1. The van der Waals surface area contributed by atoms with E-state index in [0.29, 0.717) is 46.8 Å². The molecule has 31 heavy (non-hydrogen) atoms. The lowest BCUT2D eigenvalue weighted by Crippen LogP contribution is -2.33. The fraction of sp³-hybridized carbons (Fsp3) is 0.304. The van der Waals surface area contributed by atoms with Crippen LogP contribution in [0.3, 0.4) is 0 Å². The molecule has 0 unspecified atom stereocenters. The molecule has 1 fully saturated rings. The SMILES string of the molecule is CCCN(Cc1nc2cc(Cl)ccc2c(=O)[nH]1)C(=O)c1ccc(N2CCCC2=O)cc1. The summed E-state index contributed by atoms with van der Waals surface area (Å²) in [5.41, 5.74) is 1.56. The highest BCUT2D eigenvalue weighted by atomic mass is 35.5. The van der Waals surface area contributed by atoms with Gasteiger partial charge in [0.15, 0.2) is 0 Å². The summed E-state index contributed by atoms with van der Waals surface area (Å²) in [6.45, 7) is 3.39. The number of rotatable bonds is 6. The van der Waals surface area contributed by atoms with Gasteiger partial charge in [0.1, 0.15) is 5.82 Å². The van der Waals surface area contributed by atoms with Gasteiger partial charge < -0.3 is 14.8 Å². The van der Waals surface area contributed by atoms with Crippen LogP contribution in [0.25, 0.3) is 10.9 Å². The second-order valence-electron chi connectivity index (χ2n) is 7.60. The quantitative estimate of drug-likeness (QED) is 0.634. The van der Waals surface area contributed by atoms with Gasteiger partial charge in [0.2, 0.25) is 5.91 Å². The molecule has 1 N–H and O–H groups in total. The van der Waals surface area contributed by atoms with Crippen molar-refractivity contribution < 1.29 is 9.59 Å². The van der Waals surface area contributed by atoms with Crippen molar-refractivity contribution in [2.75, 3.05) is 18.0 Å². The van der Waals surface area contributed by atoms with Gasteiger partial charge in [-0.05, 0) is 55.3 Å². The number of carbonyl (C=O) groups excluding carboxylic acids is 2. The molecule has 1 aliphatic heterocycles. The summed E-state index contributed by atoms with van der Waals surface area (Å²) in [5, 5.41) is 0.947. The first-order chi connectivity index (χ1) is 15.0. The van der Waals surface area contributed by atoms with E-state index >= 15 is 0 Å². The van der Waals surface area contributed by atoms with Crippen LogP contribution in [0.15, 0.2) is 47.3 Å². The highest BCUT2D eigenvalue weighted by Gasteiger charge is 2.22. The Labute approximate surface area is 184 Å². The third-order valence-electron chi connectivity index (χ3n) is 5.34. The molecule has 7 nitrogen and oxygen atoms in total. The van der Waals surface area contributed by atoms with Gasteiger partial charge in [-0.15, -0.1) is 0 Å². The molecule has 3 aromatic rings. The molecule has 0 bridgehead atoms. The van der Waals surface area contributed by atoms with E-state index in [-0.39, 0.29) is 23.9 Å². The topological polar surface area (TPSA) is 86.4 Å². The number of fused-ring (bicyclic) bond motifs is 1. The fourth-order valence-electron chi connectivity index (χ4n) is 3.83. The second-order valence-corrected chi connectivity index (χ2v) is 8.03. The molecule has 4 rings (SSSR count). The molecule has 8 heteroatoms. The molecule has 0 saturated carbocycles. The van der Waals surface area contributed by atoms with Crippen molar-refractivity contribution in [2.45, 2.75) is 32.7 Å². The number of carbonyl (C=O) groups is 2. The number of anilines is 1. The lowest BCUT2D eigenvalue weighted by Gasteiger charge is -2.22. The Morgan fingerprint density at radius 2 is 1.97 bits per heavy atom. The number of nitrogens with one attached hydrogen (secondary N) is 1. The molecule has 1 saturated heterocycles. The number of aromatic amines is 1. The van der Waals surface area contributed by atoms with E-state index in [0.717, 1.165) is 18.5 Å². The Kier molecular flexibility index (Phi) is 6.04. The van der Waals surface area contributed by atoms with Crippen LogP contribution in [0.1, 0.15) is 42.4 Å². The summed E-state index contributed by atoms with van der Waals surface area (Å²) in [5.74, 6) is 0.356. The van der Waals surface area contributed by atoms with Gasteiger partial charge in [0.05, 0.1) is 17.4 Å². The maximum absolute atomic E-state index is 13.1. The number of aromatic nitrogens is 2. The minimum atomic E-state index is -0.264. The second kappa shape index (κ2) is 8.89. The van der Waals surface area contributed by atoms with E-state index < -0.39 is 0 Å². The Morgan fingerprint density at radius 3 is 2.65 bits per heavy atom. The fourth-order valence-corrected chi connectivity index (χ4v) is 3.99. The molecule has 1 aromatic heterocycles. The summed E-state index contributed by atoms with van der Waals surface area (Å²) in [7, 11) is 0. The van der Waals surface area contributed by atoms with Gasteiger partial charge in [-0.25, -0.2) is 4.98 Å². The maximum atomic E-state index is 13.1. The van der Waals surface area contributed by atoms with E-state index in [1.54, 1.807) is 52.3 Å². The van der Waals surface area contributed by atoms with E-state index in [9.17, 15) is 14.4 Å². The van der Waals surface area contributed by atoms with Crippen LogP contribution >= 0.6 is 11.6 Å². The third kappa shape index (κ3) is 4.46. The molecular weight excluding hydrogens is 416 g/mol. The van der Waals surface area contributed by atoms with Gasteiger partial charge in [-0.3, -0.25) is 14.4 Å². The van der Waals surface area contributed by atoms with Crippen LogP contribution in [0.2, 0.25) is 5.02 Å². The molecule has 2 heterocycles. The minimum Gasteiger partial charge on any atom is -0.331 e. The molecule has 0 atom stereocenters. The number of amides is 2. The molecule has 0 aliphatic carbocycles. The highest BCUT2D eigenvalue weighted by Crippen LogP contribution is 2.22. The summed E-state index contributed by atoms with van der Waals surface area (Å²) in [6, 6.07) is 12.0. The maximum Gasteiger partial charge on any atom is 0.258 e. The van der Waals surface area contributed by atoms with Gasteiger partial charge in [-0.1, -0.05) is 18.5 Å². The van der Waals surface area contributed by atoms with Crippen LogP contribution < -0.4 is 10.5 Å². The van der Waals surface area contributed by atoms with Crippen LogP contribution in [-0.2, 0) is 11.3 Å². The van der Waals surface area contributed by atoms with Crippen molar-refractivity contribution >= 4 is 40.0 Å². The van der Waals surface area contributed by atoms with Crippen molar-refractivity contribution in [1.82, 2.24) is 14.9 Å². The molecule has 0 radical (unpaired) electrons. The van der Waals surface area contributed by atoms with Crippen LogP contribution in [0.5, 0.6) is 0 Å². The number of hydrogen-bond donors (Lipinski definition) is 1. The van der Waals surface area contributed by atoms with Gasteiger partial charge in [-0.2, -0.15) is 0 Å². The van der Waals surface area contributed by atoms with Crippen molar-refractivity contribution in [3.8, 4) is 0 Å². The zero-order valence-corrected chi connectivity index (χ0v) is 18.0. The minimum absolute atomic E-state index is 0.109. The van der Waals surface area contributed by atoms with Crippen molar-refractivity contribution in [2.24, 2.45) is 0 Å². The number of halogens is 1. The standard InChI is InChI=1S/C23H23ClN4O3/c1-2-11-27(14-20-25-19-13-16(24)7-10-18(19)22(30)26-20)23(31)15-5-8-17(9-6-15)28-12-3-4-21(28)29/h5-10,13H,2-4,11-12,14H2,1H3,(H,25,26,30). The van der Waals surface area contributed by atoms with Gasteiger partial charge >= 0.3 is 0 Å². The Bertz CT molecular complexity index is 1190. The molecular formula is C23H23ClN4O3. The average Bonchev–Trinajstić information content (AvgIpc) is 3.18. The van der Waals surface area contributed by atoms with E-state index in [1.807, 2.05) is 6.92 Å². The molecule has 1 aliphatic rings. The van der Waals surface area contributed by atoms with E-state index in [4.69, 9.17) is 11.6 Å². The number of nitrogens with zero attached hydrogens (tertiary/aromatic N) is 3. The highest BCUT2D eigenvalue weighted by molar-refractivity contribution is 6.31. The predicted molar refractivity (Wildman–Crippen MR) is 120 cm³/mol. The summed E-state index contributed by atoms with van der Waals surface area (Å²) in [4.78, 5) is 48.1. The molecule has 2 aromatic carbocycles. The van der Waals surface area contributed by atoms with Crippen LogP contribution in [0, 0.1) is 0 Å². The zero-order chi connectivity index (χ0) is 22.0. The summed E-state index contributed by atoms with van der Waals surface area (Å²) >= 11 is 6.04. The van der Waals surface area contributed by atoms with Crippen LogP contribution in [0.4, 0.5) is 5.69 Å². The van der Waals surface area contributed by atoms with E-state index in [1.165, 1.54) is 0 Å². The molecule has 160 valence electrons. The Hall–Kier alpha value is -3.19. The molecule has 2 amide bonds. The van der Waals surface area contributed by atoms with Gasteiger partial charge in [0, 0.05) is 35.8 Å². The smallest absolute Gasteiger partial charge is 0.258 e. The predicted octanol–water partition coefficient (Wildman–Crippen LogP) is 3.76. The van der Waals surface area contributed by atoms with Crippen molar-refractivity contribution in [1.29, 1.82) is 0 Å². The lowest BCUT2D eigenvalue weighted by molar-refractivity contribution is -0.117. The summed E-state index contributed by atoms with van der Waals surface area (Å²) in [6.07, 6.45) is 2.18. The van der Waals surface area contributed by atoms with Gasteiger partial charge in [0.25, 0.3) is 11.5 Å².